The van der Waals surface area contributed by atoms with Crippen molar-refractivity contribution in [3.8, 4) is 5.75 Å². The molecule has 1 N–H and O–H groups in total. The molecule has 18 heavy (non-hydrogen) atoms. The maximum absolute atomic E-state index is 8.84. The number of benzene rings is 1. The number of rotatable bonds is 6. The molecule has 1 aliphatic heterocycles. The molecule has 0 atom stereocenters. The molecule has 3 nitrogen and oxygen atoms in total. The monoisotopic (exact) mass is 249 g/mol. The molecule has 1 heterocycles. The van der Waals surface area contributed by atoms with Gasteiger partial charge in [0, 0.05) is 13.2 Å². The fourth-order valence-electron chi connectivity index (χ4n) is 2.36. The van der Waals surface area contributed by atoms with E-state index in [1.807, 2.05) is 24.3 Å². The second kappa shape index (κ2) is 7.39. The highest BCUT2D eigenvalue weighted by Crippen LogP contribution is 2.13. The van der Waals surface area contributed by atoms with E-state index >= 15 is 0 Å². The number of hydrogen-bond donors (Lipinski definition) is 1. The highest BCUT2D eigenvalue weighted by atomic mass is 16.5. The van der Waals surface area contributed by atoms with Crippen molar-refractivity contribution in [2.24, 2.45) is 0 Å². The van der Waals surface area contributed by atoms with Crippen molar-refractivity contribution in [1.29, 1.82) is 0 Å². The van der Waals surface area contributed by atoms with Crippen molar-refractivity contribution in [2.75, 3.05) is 32.8 Å². The minimum Gasteiger partial charge on any atom is -0.492 e. The first-order valence-corrected chi connectivity index (χ1v) is 6.93. The molecule has 0 radical (unpaired) electrons. The predicted octanol–water partition coefficient (Wildman–Crippen LogP) is 2.09. The minimum atomic E-state index is 0.204. The van der Waals surface area contributed by atoms with Crippen LogP contribution in [0.5, 0.6) is 5.75 Å². The Morgan fingerprint density at radius 2 is 1.78 bits per heavy atom. The lowest BCUT2D eigenvalue weighted by atomic mass is 10.1. The molecule has 100 valence electrons. The van der Waals surface area contributed by atoms with Crippen LogP contribution in [0, 0.1) is 0 Å². The van der Waals surface area contributed by atoms with Crippen LogP contribution in [0.4, 0.5) is 0 Å². The predicted molar refractivity (Wildman–Crippen MR) is 73.0 cm³/mol. The van der Waals surface area contributed by atoms with E-state index in [4.69, 9.17) is 9.84 Å². The summed E-state index contributed by atoms with van der Waals surface area (Å²) in [6.07, 6.45) is 4.75. The van der Waals surface area contributed by atoms with Gasteiger partial charge in [0.15, 0.2) is 0 Å². The van der Waals surface area contributed by atoms with Crippen LogP contribution in [0.25, 0.3) is 0 Å². The van der Waals surface area contributed by atoms with Gasteiger partial charge in [-0.15, -0.1) is 0 Å². The number of hydrogen-bond acceptors (Lipinski definition) is 3. The van der Waals surface area contributed by atoms with E-state index in [1.165, 1.54) is 32.4 Å². The summed E-state index contributed by atoms with van der Waals surface area (Å²) in [5.41, 5.74) is 1.15. The Hall–Kier alpha value is -1.06. The van der Waals surface area contributed by atoms with Crippen LogP contribution in [-0.4, -0.2) is 42.9 Å². The molecule has 1 aromatic rings. The van der Waals surface area contributed by atoms with Gasteiger partial charge in [0.2, 0.25) is 0 Å². The van der Waals surface area contributed by atoms with Gasteiger partial charge in [-0.3, -0.25) is 4.90 Å². The highest BCUT2D eigenvalue weighted by molar-refractivity contribution is 5.27. The summed E-state index contributed by atoms with van der Waals surface area (Å²) in [5.74, 6) is 0.925. The van der Waals surface area contributed by atoms with Crippen molar-refractivity contribution in [2.45, 2.75) is 25.7 Å². The fourth-order valence-corrected chi connectivity index (χ4v) is 2.36. The third-order valence-corrected chi connectivity index (χ3v) is 3.45. The molecular weight excluding hydrogens is 226 g/mol. The summed E-state index contributed by atoms with van der Waals surface area (Å²) >= 11 is 0. The van der Waals surface area contributed by atoms with Crippen molar-refractivity contribution in [3.05, 3.63) is 29.8 Å². The zero-order chi connectivity index (χ0) is 12.6. The van der Waals surface area contributed by atoms with E-state index in [9.17, 15) is 0 Å². The van der Waals surface area contributed by atoms with Gasteiger partial charge in [-0.1, -0.05) is 18.6 Å². The number of nitrogens with zero attached hydrogens (tertiary/aromatic N) is 1. The number of aliphatic hydroxyl groups excluding tert-OH is 1. The Morgan fingerprint density at radius 1 is 1.06 bits per heavy atom. The molecule has 0 unspecified atom stereocenters. The molecule has 1 aromatic carbocycles. The third-order valence-electron chi connectivity index (χ3n) is 3.45. The Balaban J connectivity index is 1.69. The van der Waals surface area contributed by atoms with E-state index in [-0.39, 0.29) is 6.61 Å². The van der Waals surface area contributed by atoms with Gasteiger partial charge in [-0.05, 0) is 50.0 Å². The molecule has 0 spiro atoms. The zero-order valence-electron chi connectivity index (χ0n) is 11.0. The summed E-state index contributed by atoms with van der Waals surface area (Å²) in [7, 11) is 0. The van der Waals surface area contributed by atoms with Crippen molar-refractivity contribution >= 4 is 0 Å². The largest absolute Gasteiger partial charge is 0.492 e. The van der Waals surface area contributed by atoms with Gasteiger partial charge in [-0.25, -0.2) is 0 Å². The van der Waals surface area contributed by atoms with E-state index in [0.29, 0.717) is 6.42 Å². The molecule has 3 heteroatoms. The maximum atomic E-state index is 8.84. The fraction of sp³-hybridized carbons (Fsp3) is 0.600. The van der Waals surface area contributed by atoms with Gasteiger partial charge in [-0.2, -0.15) is 0 Å². The van der Waals surface area contributed by atoms with E-state index in [1.54, 1.807) is 0 Å². The minimum absolute atomic E-state index is 0.204. The van der Waals surface area contributed by atoms with Crippen LogP contribution in [0.3, 0.4) is 0 Å². The first kappa shape index (κ1) is 13.4. The second-order valence-electron chi connectivity index (χ2n) is 4.87. The quantitative estimate of drug-likeness (QED) is 0.838. The number of aliphatic hydroxyl groups is 1. The Kier molecular flexibility index (Phi) is 5.49. The van der Waals surface area contributed by atoms with Gasteiger partial charge in [0.25, 0.3) is 0 Å². The lowest BCUT2D eigenvalue weighted by Gasteiger charge is -2.26. The molecule has 0 bridgehead atoms. The smallest absolute Gasteiger partial charge is 0.119 e. The van der Waals surface area contributed by atoms with Crippen molar-refractivity contribution in [3.63, 3.8) is 0 Å². The topological polar surface area (TPSA) is 32.7 Å². The lowest BCUT2D eigenvalue weighted by Crippen LogP contribution is -2.33. The normalized spacial score (nSPS) is 16.7. The standard InChI is InChI=1S/C15H23NO2/c17-12-8-14-4-6-15(7-5-14)18-13-11-16-9-2-1-3-10-16/h4-7,17H,1-3,8-13H2. The SMILES string of the molecule is OCCc1ccc(OCCN2CCCCC2)cc1. The van der Waals surface area contributed by atoms with Crippen LogP contribution in [-0.2, 0) is 6.42 Å². The molecular formula is C15H23NO2. The third kappa shape index (κ3) is 4.31. The summed E-state index contributed by atoms with van der Waals surface area (Å²) in [4.78, 5) is 2.48. The van der Waals surface area contributed by atoms with Crippen LogP contribution in [0.2, 0.25) is 0 Å². The summed E-state index contributed by atoms with van der Waals surface area (Å²) in [6, 6.07) is 8.02. The van der Waals surface area contributed by atoms with Crippen molar-refractivity contribution in [1.82, 2.24) is 4.90 Å². The molecule has 1 aliphatic rings. The van der Waals surface area contributed by atoms with Gasteiger partial charge >= 0.3 is 0 Å². The lowest BCUT2D eigenvalue weighted by molar-refractivity contribution is 0.183. The number of ether oxygens (including phenoxy) is 1. The highest BCUT2D eigenvalue weighted by Gasteiger charge is 2.09. The zero-order valence-corrected chi connectivity index (χ0v) is 11.0. The second-order valence-corrected chi connectivity index (χ2v) is 4.87. The van der Waals surface area contributed by atoms with Gasteiger partial charge in [0.05, 0.1) is 0 Å². The van der Waals surface area contributed by atoms with E-state index in [2.05, 4.69) is 4.90 Å². The van der Waals surface area contributed by atoms with Crippen LogP contribution in [0.15, 0.2) is 24.3 Å². The van der Waals surface area contributed by atoms with Crippen LogP contribution in [0.1, 0.15) is 24.8 Å². The van der Waals surface area contributed by atoms with Crippen LogP contribution < -0.4 is 4.74 Å². The molecule has 1 saturated heterocycles. The Labute approximate surface area is 109 Å². The van der Waals surface area contributed by atoms with Crippen molar-refractivity contribution < 1.29 is 9.84 Å². The summed E-state index contributed by atoms with van der Waals surface area (Å²) in [6.45, 7) is 4.44. The van der Waals surface area contributed by atoms with Gasteiger partial charge in [0.1, 0.15) is 12.4 Å². The van der Waals surface area contributed by atoms with Gasteiger partial charge < -0.3 is 9.84 Å². The first-order chi connectivity index (χ1) is 8.88. The molecule has 0 saturated carbocycles. The van der Waals surface area contributed by atoms with E-state index in [0.717, 1.165) is 24.5 Å². The van der Waals surface area contributed by atoms with Crippen LogP contribution >= 0.6 is 0 Å². The Morgan fingerprint density at radius 3 is 2.44 bits per heavy atom. The molecule has 2 rings (SSSR count). The molecule has 0 amide bonds. The summed E-state index contributed by atoms with van der Waals surface area (Å²) < 4.78 is 5.74. The molecule has 0 aliphatic carbocycles. The first-order valence-electron chi connectivity index (χ1n) is 6.93. The summed E-state index contributed by atoms with van der Waals surface area (Å²) in [5, 5.41) is 8.84. The number of likely N-dealkylation sites (tertiary alicyclic amines) is 1. The van der Waals surface area contributed by atoms with E-state index < -0.39 is 0 Å². The average Bonchev–Trinajstić information content (AvgIpc) is 2.42. The maximum Gasteiger partial charge on any atom is 0.119 e. The Bertz CT molecular complexity index is 331. The number of piperidine rings is 1. The molecule has 1 fully saturated rings. The average molecular weight is 249 g/mol. The molecule has 0 aromatic heterocycles.